The zero-order chi connectivity index (χ0) is 30.5. The van der Waals surface area contributed by atoms with E-state index in [-0.39, 0.29) is 11.0 Å². The Hall–Kier alpha value is -2.90. The maximum Gasteiger partial charge on any atom is 0.0892 e. The van der Waals surface area contributed by atoms with Crippen molar-refractivity contribution in [3.63, 3.8) is 0 Å². The summed E-state index contributed by atoms with van der Waals surface area (Å²) in [5.41, 5.74) is 9.78. The van der Waals surface area contributed by atoms with Crippen molar-refractivity contribution in [1.29, 1.82) is 0 Å². The number of allylic oxidation sites excluding steroid dienone is 22. The molecule has 1 nitrogen and oxygen atoms in total. The molecule has 0 unspecified atom stereocenters. The van der Waals surface area contributed by atoms with Gasteiger partial charge in [-0.1, -0.05) is 138 Å². The van der Waals surface area contributed by atoms with E-state index in [1.807, 2.05) is 0 Å². The van der Waals surface area contributed by atoms with Crippen LogP contribution in [0.3, 0.4) is 0 Å². The maximum atomic E-state index is 5.67. The number of rotatable bonds is 13. The molecule has 2 rings (SSSR count). The molecule has 0 spiro atoms. The average Bonchev–Trinajstić information content (AvgIpc) is 3.50. The molecule has 0 radical (unpaired) electrons. The molecule has 0 bridgehead atoms. The van der Waals surface area contributed by atoms with Crippen molar-refractivity contribution in [2.75, 3.05) is 0 Å². The third-order valence-electron chi connectivity index (χ3n) is 8.03. The third kappa shape index (κ3) is 13.5. The Labute approximate surface area is 252 Å². The first-order valence-corrected chi connectivity index (χ1v) is 15.4. The van der Waals surface area contributed by atoms with E-state index in [0.717, 1.165) is 12.8 Å². The molecule has 1 aliphatic carbocycles. The molecule has 1 heteroatoms. The van der Waals surface area contributed by atoms with Crippen LogP contribution >= 0.6 is 0 Å². The molecular formula is C40H56O. The molecule has 222 valence electrons. The maximum absolute atomic E-state index is 5.67. The van der Waals surface area contributed by atoms with Crippen LogP contribution in [-0.2, 0) is 4.74 Å². The first-order chi connectivity index (χ1) is 19.3. The highest BCUT2D eigenvalue weighted by molar-refractivity contribution is 5.37. The Bertz CT molecular complexity index is 1220. The van der Waals surface area contributed by atoms with E-state index in [1.54, 1.807) is 5.57 Å². The highest BCUT2D eigenvalue weighted by Gasteiger charge is 2.46. The zero-order valence-electron chi connectivity index (χ0n) is 27.7. The van der Waals surface area contributed by atoms with Gasteiger partial charge in [0.2, 0.25) is 0 Å². The van der Waals surface area contributed by atoms with Gasteiger partial charge < -0.3 is 4.74 Å². The van der Waals surface area contributed by atoms with Gasteiger partial charge in [0.05, 0.1) is 11.7 Å². The minimum atomic E-state index is 0.0930. The topological polar surface area (TPSA) is 12.5 Å². The van der Waals surface area contributed by atoms with Gasteiger partial charge in [0.25, 0.3) is 0 Å². The van der Waals surface area contributed by atoms with Gasteiger partial charge in [-0.3, -0.25) is 0 Å². The van der Waals surface area contributed by atoms with E-state index in [1.165, 1.54) is 52.7 Å². The summed E-state index contributed by atoms with van der Waals surface area (Å²) in [6.07, 6.45) is 38.9. The molecule has 2 aliphatic rings. The smallest absolute Gasteiger partial charge is 0.0892 e. The summed E-state index contributed by atoms with van der Waals surface area (Å²) in [5.74, 6) is 0. The summed E-state index contributed by atoms with van der Waals surface area (Å²) in [6.45, 7) is 22.1. The van der Waals surface area contributed by atoms with Gasteiger partial charge in [-0.05, 0) is 98.5 Å². The first kappa shape index (κ1) is 34.3. The Kier molecular flexibility index (Phi) is 13.8. The van der Waals surface area contributed by atoms with Crippen molar-refractivity contribution >= 4 is 0 Å². The molecule has 0 saturated carbocycles. The van der Waals surface area contributed by atoms with Crippen LogP contribution in [0.5, 0.6) is 0 Å². The monoisotopic (exact) mass is 552 g/mol. The molecule has 1 fully saturated rings. The number of epoxide rings is 1. The second kappa shape index (κ2) is 16.5. The second-order valence-electron chi connectivity index (χ2n) is 13.1. The third-order valence-corrected chi connectivity index (χ3v) is 8.03. The highest BCUT2D eigenvalue weighted by atomic mass is 16.6. The van der Waals surface area contributed by atoms with Gasteiger partial charge in [0, 0.05) is 0 Å². The zero-order valence-corrected chi connectivity index (χ0v) is 27.7. The minimum absolute atomic E-state index is 0.0930. The van der Waals surface area contributed by atoms with Crippen molar-refractivity contribution in [3.05, 3.63) is 130 Å². The van der Waals surface area contributed by atoms with Crippen molar-refractivity contribution in [2.45, 2.75) is 113 Å². The van der Waals surface area contributed by atoms with E-state index in [4.69, 9.17) is 4.74 Å². The van der Waals surface area contributed by atoms with Crippen molar-refractivity contribution in [3.8, 4) is 0 Å². The molecule has 0 aromatic carbocycles. The van der Waals surface area contributed by atoms with Crippen molar-refractivity contribution < 1.29 is 4.74 Å². The Morgan fingerprint density at radius 2 is 1.17 bits per heavy atom. The standard InChI is InChI=1S/C40H56O/c1-31(19-13-21-33(3)22-15-24-35(5)27-29-38-40(9,10)41-38)17-11-12-18-32(2)20-14-23-34(4)26-28-37-36(6)25-16-30-39(37,7)8/h11-15,17-24,26,28,38H,16,25,27,29-30H2,1-10H3/b12-11+,19-13+,20-14+,22-15+,28-26+,31-17-,32-18-,33-21-,34-23-,35-24-/t38-/m1/s1. The number of hydrogen-bond acceptors (Lipinski definition) is 1. The fourth-order valence-electron chi connectivity index (χ4n) is 5.11. The lowest BCUT2D eigenvalue weighted by Gasteiger charge is -2.32. The van der Waals surface area contributed by atoms with Crippen LogP contribution in [0, 0.1) is 5.41 Å². The van der Waals surface area contributed by atoms with Gasteiger partial charge in [-0.25, -0.2) is 0 Å². The van der Waals surface area contributed by atoms with Gasteiger partial charge in [0.1, 0.15) is 0 Å². The SMILES string of the molecule is CC1=C(/C=C/C(C)=C\C=C\C(C)=C/C=C/C=C(C)\C=C\C=C(C)/C=C/C=C(/C)CC[C@H]2OC2(C)C)C(C)(C)CCC1. The van der Waals surface area contributed by atoms with Gasteiger partial charge in [-0.2, -0.15) is 0 Å². The normalized spacial score (nSPS) is 23.0. The molecule has 0 amide bonds. The molecule has 0 N–H and O–H groups in total. The summed E-state index contributed by atoms with van der Waals surface area (Å²) in [7, 11) is 0. The number of hydrogen-bond donors (Lipinski definition) is 0. The largest absolute Gasteiger partial charge is 0.367 e. The van der Waals surface area contributed by atoms with Crippen LogP contribution < -0.4 is 0 Å². The summed E-state index contributed by atoms with van der Waals surface area (Å²) >= 11 is 0. The fourth-order valence-corrected chi connectivity index (χ4v) is 5.11. The Morgan fingerprint density at radius 3 is 1.66 bits per heavy atom. The van der Waals surface area contributed by atoms with Gasteiger partial charge >= 0.3 is 0 Å². The predicted octanol–water partition coefficient (Wildman–Crippen LogP) is 12.0. The summed E-state index contributed by atoms with van der Waals surface area (Å²) in [5, 5.41) is 0. The lowest BCUT2D eigenvalue weighted by molar-refractivity contribution is 0.320. The Balaban J connectivity index is 1.79. The van der Waals surface area contributed by atoms with Crippen LogP contribution in [0.1, 0.15) is 101 Å². The lowest BCUT2D eigenvalue weighted by Crippen LogP contribution is -2.19. The number of ether oxygens (including phenoxy) is 1. The average molecular weight is 553 g/mol. The van der Waals surface area contributed by atoms with Gasteiger partial charge in [0.15, 0.2) is 0 Å². The predicted molar refractivity (Wildman–Crippen MR) is 183 cm³/mol. The van der Waals surface area contributed by atoms with Crippen LogP contribution in [0.2, 0.25) is 0 Å². The second-order valence-corrected chi connectivity index (χ2v) is 13.1. The molecule has 1 atom stereocenters. The summed E-state index contributed by atoms with van der Waals surface area (Å²) in [4.78, 5) is 0. The molecule has 0 aromatic rings. The van der Waals surface area contributed by atoms with E-state index in [9.17, 15) is 0 Å². The van der Waals surface area contributed by atoms with Crippen LogP contribution in [0.4, 0.5) is 0 Å². The van der Waals surface area contributed by atoms with E-state index in [2.05, 4.69) is 160 Å². The van der Waals surface area contributed by atoms with Crippen LogP contribution in [-0.4, -0.2) is 11.7 Å². The van der Waals surface area contributed by atoms with Crippen molar-refractivity contribution in [2.24, 2.45) is 5.41 Å². The van der Waals surface area contributed by atoms with Crippen LogP contribution in [0.25, 0.3) is 0 Å². The van der Waals surface area contributed by atoms with E-state index in [0.29, 0.717) is 6.10 Å². The van der Waals surface area contributed by atoms with Crippen LogP contribution in [0.15, 0.2) is 130 Å². The van der Waals surface area contributed by atoms with E-state index >= 15 is 0 Å². The molecule has 0 aromatic heterocycles. The minimum Gasteiger partial charge on any atom is -0.367 e. The lowest BCUT2D eigenvalue weighted by atomic mass is 9.72. The Morgan fingerprint density at radius 1 is 0.707 bits per heavy atom. The molecule has 1 saturated heterocycles. The summed E-state index contributed by atoms with van der Waals surface area (Å²) < 4.78 is 5.67. The fraction of sp³-hybridized carbons (Fsp3) is 0.450. The highest BCUT2D eigenvalue weighted by Crippen LogP contribution is 2.41. The molecular weight excluding hydrogens is 496 g/mol. The van der Waals surface area contributed by atoms with Gasteiger partial charge in [-0.15, -0.1) is 0 Å². The molecule has 1 aliphatic heterocycles. The first-order valence-electron chi connectivity index (χ1n) is 15.4. The quantitative estimate of drug-likeness (QED) is 0.163. The molecule has 1 heterocycles. The van der Waals surface area contributed by atoms with Crippen molar-refractivity contribution in [1.82, 2.24) is 0 Å². The molecule has 41 heavy (non-hydrogen) atoms. The van der Waals surface area contributed by atoms with E-state index < -0.39 is 0 Å². The summed E-state index contributed by atoms with van der Waals surface area (Å²) in [6, 6.07) is 0.